The standard InChI is InChI=1S/C35H49F3N4O7S/c1-23-19-27(32(45)41-14-8-29(9-15-41)49-22-28(44)21-43)20-24(2)30(23)10-18-50(47,48)42-16-12-34(13-17-42)33(46)39-31(40-34)26-5-3-25(4-6-26)7-11-35(36,37)38/h10,18-20,25-26,28-29,43-44H,3-9,11-17,21-22H2,1-2H3,(H,39,40,46). The van der Waals surface area contributed by atoms with Crippen LogP contribution in [-0.2, 0) is 19.6 Å². The number of benzene rings is 1. The highest BCUT2D eigenvalue weighted by molar-refractivity contribution is 7.92. The van der Waals surface area contributed by atoms with Crippen LogP contribution in [0.4, 0.5) is 13.2 Å². The van der Waals surface area contributed by atoms with Gasteiger partial charge in [-0.05, 0) is 112 Å². The predicted molar refractivity (Wildman–Crippen MR) is 182 cm³/mol. The molecule has 1 unspecified atom stereocenters. The summed E-state index contributed by atoms with van der Waals surface area (Å²) in [5, 5.41) is 22.6. The molecule has 2 amide bonds. The SMILES string of the molecule is Cc1cc(C(=O)N2CCC(OCC(O)CO)CC2)cc(C)c1C=CS(=O)(=O)N1CCC2(CC1)N=C(C1CCC(CCC(F)(F)F)CC1)NC2=O. The van der Waals surface area contributed by atoms with E-state index in [0.29, 0.717) is 68.6 Å². The lowest BCUT2D eigenvalue weighted by molar-refractivity contribution is -0.138. The Balaban J connectivity index is 1.14. The van der Waals surface area contributed by atoms with Gasteiger partial charge in [-0.1, -0.05) is 0 Å². The molecule has 5 rings (SSSR count). The number of sulfonamides is 1. The number of aryl methyl sites for hydroxylation is 2. The van der Waals surface area contributed by atoms with Gasteiger partial charge in [-0.3, -0.25) is 14.6 Å². The summed E-state index contributed by atoms with van der Waals surface area (Å²) in [6.07, 6.45) is 0.102. The highest BCUT2D eigenvalue weighted by Crippen LogP contribution is 2.38. The van der Waals surface area contributed by atoms with Gasteiger partial charge < -0.3 is 25.2 Å². The van der Waals surface area contributed by atoms with Gasteiger partial charge >= 0.3 is 6.18 Å². The number of carbonyl (C=O) groups is 2. The molecule has 1 atom stereocenters. The van der Waals surface area contributed by atoms with Crippen molar-refractivity contribution in [1.82, 2.24) is 14.5 Å². The number of halogens is 3. The zero-order valence-electron chi connectivity index (χ0n) is 28.8. The van der Waals surface area contributed by atoms with E-state index in [4.69, 9.17) is 14.8 Å². The van der Waals surface area contributed by atoms with Crippen LogP contribution in [-0.4, -0.2) is 109 Å². The zero-order valence-corrected chi connectivity index (χ0v) is 29.6. The quantitative estimate of drug-likeness (QED) is 0.311. The average molecular weight is 727 g/mol. The molecule has 1 spiro atoms. The number of nitrogens with one attached hydrogen (secondary N) is 1. The Morgan fingerprint density at radius 1 is 1.08 bits per heavy atom. The van der Waals surface area contributed by atoms with Gasteiger partial charge in [0.15, 0.2) is 0 Å². The lowest BCUT2D eigenvalue weighted by Crippen LogP contribution is -2.50. The largest absolute Gasteiger partial charge is 0.394 e. The van der Waals surface area contributed by atoms with E-state index in [-0.39, 0.29) is 75.3 Å². The van der Waals surface area contributed by atoms with Crippen LogP contribution >= 0.6 is 0 Å². The molecule has 0 bridgehead atoms. The molecule has 50 heavy (non-hydrogen) atoms. The number of hydrogen-bond acceptors (Lipinski definition) is 8. The minimum absolute atomic E-state index is 0.0104. The van der Waals surface area contributed by atoms with Gasteiger partial charge in [-0.15, -0.1) is 0 Å². The van der Waals surface area contributed by atoms with E-state index in [1.54, 1.807) is 23.1 Å². The van der Waals surface area contributed by atoms with Gasteiger partial charge in [0.25, 0.3) is 11.8 Å². The lowest BCUT2D eigenvalue weighted by atomic mass is 9.79. The first-order valence-corrected chi connectivity index (χ1v) is 19.1. The molecule has 3 aliphatic heterocycles. The molecule has 2 saturated heterocycles. The van der Waals surface area contributed by atoms with Crippen LogP contribution in [0.25, 0.3) is 6.08 Å². The molecule has 4 aliphatic rings. The third kappa shape index (κ3) is 9.32. The summed E-state index contributed by atoms with van der Waals surface area (Å²) in [6.45, 7) is 4.58. The number of aliphatic imine (C=N–C) groups is 1. The number of amidine groups is 1. The second-order valence-corrected chi connectivity index (χ2v) is 16.1. The molecule has 1 aromatic rings. The first-order chi connectivity index (χ1) is 23.6. The molecule has 3 heterocycles. The third-order valence-corrected chi connectivity index (χ3v) is 12.3. The van der Waals surface area contributed by atoms with Crippen LogP contribution in [0.1, 0.15) is 91.3 Å². The van der Waals surface area contributed by atoms with Gasteiger partial charge in [-0.2, -0.15) is 17.5 Å². The fourth-order valence-corrected chi connectivity index (χ4v) is 8.76. The maximum atomic E-state index is 13.4. The molecule has 1 saturated carbocycles. The second-order valence-electron chi connectivity index (χ2n) is 14.3. The van der Waals surface area contributed by atoms with Crippen molar-refractivity contribution < 1.29 is 46.1 Å². The maximum absolute atomic E-state index is 13.4. The van der Waals surface area contributed by atoms with E-state index in [2.05, 4.69) is 5.32 Å². The maximum Gasteiger partial charge on any atom is 0.389 e. The number of amides is 2. The summed E-state index contributed by atoms with van der Waals surface area (Å²) >= 11 is 0. The monoisotopic (exact) mass is 726 g/mol. The molecule has 3 fully saturated rings. The normalized spacial score (nSPS) is 24.5. The minimum atomic E-state index is -4.15. The van der Waals surface area contributed by atoms with Crippen molar-refractivity contribution in [3.8, 4) is 0 Å². The highest BCUT2D eigenvalue weighted by atomic mass is 32.2. The third-order valence-electron chi connectivity index (χ3n) is 10.7. The lowest BCUT2D eigenvalue weighted by Gasteiger charge is -2.34. The van der Waals surface area contributed by atoms with Crippen LogP contribution in [0.5, 0.6) is 0 Å². The molecular weight excluding hydrogens is 677 g/mol. The van der Waals surface area contributed by atoms with Gasteiger partial charge in [0.05, 0.1) is 19.3 Å². The molecule has 1 aliphatic carbocycles. The van der Waals surface area contributed by atoms with Gasteiger partial charge in [-0.25, -0.2) is 8.42 Å². The summed E-state index contributed by atoms with van der Waals surface area (Å²) in [5.41, 5.74) is 1.70. The Morgan fingerprint density at radius 3 is 2.28 bits per heavy atom. The van der Waals surface area contributed by atoms with E-state index in [1.165, 1.54) is 9.71 Å². The van der Waals surface area contributed by atoms with Crippen LogP contribution in [0, 0.1) is 25.7 Å². The number of likely N-dealkylation sites (tertiary alicyclic amines) is 1. The molecular formula is C35H49F3N4O7S. The van der Waals surface area contributed by atoms with Crippen molar-refractivity contribution in [3.63, 3.8) is 0 Å². The number of hydrogen-bond donors (Lipinski definition) is 3. The number of nitrogens with zero attached hydrogens (tertiary/aromatic N) is 3. The number of carbonyl (C=O) groups excluding carboxylic acids is 2. The molecule has 3 N–H and O–H groups in total. The first-order valence-electron chi connectivity index (χ1n) is 17.6. The molecule has 15 heteroatoms. The number of rotatable bonds is 11. The van der Waals surface area contributed by atoms with Crippen molar-refractivity contribution >= 4 is 33.7 Å². The number of ether oxygens (including phenoxy) is 1. The van der Waals surface area contributed by atoms with Gasteiger partial charge in [0.1, 0.15) is 17.5 Å². The second kappa shape index (κ2) is 15.8. The molecule has 0 aromatic heterocycles. The Hall–Kier alpha value is -2.85. The summed E-state index contributed by atoms with van der Waals surface area (Å²) in [6, 6.07) is 3.52. The van der Waals surface area contributed by atoms with E-state index >= 15 is 0 Å². The average Bonchev–Trinajstić information content (AvgIpc) is 3.40. The van der Waals surface area contributed by atoms with Crippen LogP contribution in [0.3, 0.4) is 0 Å². The van der Waals surface area contributed by atoms with E-state index < -0.39 is 34.3 Å². The molecule has 1 aromatic carbocycles. The Morgan fingerprint density at radius 2 is 1.70 bits per heavy atom. The minimum Gasteiger partial charge on any atom is -0.394 e. The Labute approximate surface area is 292 Å². The molecule has 0 radical (unpaired) electrons. The first kappa shape index (κ1) is 38.4. The van der Waals surface area contributed by atoms with Gasteiger partial charge in [0, 0.05) is 49.5 Å². The van der Waals surface area contributed by atoms with Crippen LogP contribution in [0.2, 0.25) is 0 Å². The highest BCUT2D eigenvalue weighted by Gasteiger charge is 2.48. The molecule has 11 nitrogen and oxygen atoms in total. The fraction of sp³-hybridized carbons (Fsp3) is 0.686. The van der Waals surface area contributed by atoms with E-state index in [0.717, 1.165) is 11.1 Å². The summed E-state index contributed by atoms with van der Waals surface area (Å²) < 4.78 is 71.6. The predicted octanol–water partition coefficient (Wildman–Crippen LogP) is 4.09. The number of alkyl halides is 3. The fourth-order valence-electron chi connectivity index (χ4n) is 7.59. The van der Waals surface area contributed by atoms with Crippen molar-refractivity contribution in [3.05, 3.63) is 39.8 Å². The number of aliphatic hydroxyl groups excluding tert-OH is 2. The number of piperidine rings is 2. The van der Waals surface area contributed by atoms with Gasteiger partial charge in [0.2, 0.25) is 10.0 Å². The summed E-state index contributed by atoms with van der Waals surface area (Å²) in [5.74, 6) is 0.233. The van der Waals surface area contributed by atoms with Crippen molar-refractivity contribution in [2.24, 2.45) is 16.8 Å². The van der Waals surface area contributed by atoms with E-state index in [9.17, 15) is 36.3 Å². The Bertz CT molecular complexity index is 1530. The summed E-state index contributed by atoms with van der Waals surface area (Å²) in [4.78, 5) is 32.9. The van der Waals surface area contributed by atoms with Crippen molar-refractivity contribution in [2.45, 2.75) is 102 Å². The Kier molecular flexibility index (Phi) is 12.1. The van der Waals surface area contributed by atoms with E-state index in [1.807, 2.05) is 13.8 Å². The van der Waals surface area contributed by atoms with Crippen molar-refractivity contribution in [1.29, 1.82) is 0 Å². The smallest absolute Gasteiger partial charge is 0.389 e. The van der Waals surface area contributed by atoms with Crippen LogP contribution < -0.4 is 5.32 Å². The zero-order chi connectivity index (χ0) is 36.3. The topological polar surface area (TPSA) is 149 Å². The molecule has 278 valence electrons. The van der Waals surface area contributed by atoms with Crippen LogP contribution in [0.15, 0.2) is 22.5 Å². The van der Waals surface area contributed by atoms with Crippen molar-refractivity contribution in [2.75, 3.05) is 39.4 Å². The summed E-state index contributed by atoms with van der Waals surface area (Å²) in [7, 11) is -3.82. The number of aliphatic hydroxyl groups is 2.